The van der Waals surface area contributed by atoms with Gasteiger partial charge in [-0.3, -0.25) is 14.6 Å². The van der Waals surface area contributed by atoms with Gasteiger partial charge in [-0.25, -0.2) is 0 Å². The minimum atomic E-state index is -1.24. The average Bonchev–Trinajstić information content (AvgIpc) is 3.46. The largest absolute Gasteiger partial charge is 0.458 e. The molecule has 2 saturated heterocycles. The van der Waals surface area contributed by atoms with Crippen molar-refractivity contribution in [1.29, 1.82) is 0 Å². The van der Waals surface area contributed by atoms with E-state index in [1.807, 2.05) is 32.1 Å². The normalized spacial score (nSPS) is 36.6. The molecule has 3 rings (SSSR count). The monoisotopic (exact) mass is 565 g/mol. The van der Waals surface area contributed by atoms with Gasteiger partial charge in [-0.1, -0.05) is 34.1 Å². The third kappa shape index (κ3) is 6.82. The summed E-state index contributed by atoms with van der Waals surface area (Å²) in [6.45, 7) is 10.8. The van der Waals surface area contributed by atoms with Crippen molar-refractivity contribution in [3.8, 4) is 0 Å². The fourth-order valence-electron chi connectivity index (χ4n) is 5.09. The summed E-state index contributed by atoms with van der Waals surface area (Å²) in [5.41, 5.74) is 0.0423. The number of carbonyl (C=O) groups excluding carboxylic acids is 2. The minimum Gasteiger partial charge on any atom is -0.458 e. The molecular formula is C28H40BrNO6. The van der Waals surface area contributed by atoms with Crippen LogP contribution >= 0.6 is 15.9 Å². The Bertz CT molecular complexity index is 977. The summed E-state index contributed by atoms with van der Waals surface area (Å²) < 4.78 is 12.8. The number of cyclic esters (lactones) is 1. The topological polar surface area (TPSA) is 109 Å². The molecule has 2 aliphatic heterocycles. The van der Waals surface area contributed by atoms with Crippen LogP contribution in [0.1, 0.15) is 79.3 Å². The van der Waals surface area contributed by atoms with Gasteiger partial charge in [0, 0.05) is 23.0 Å². The standard InChI is InChI=1S/C28H40BrNO6/c1-16-8-7-11-28(6)23(36-28)13-21(17(2)12-20-10-9-19(29)15-30-20)35-24(32)14-22(31)27(4,5)26(34)18(3)25(16)33/h9-10,12,15-16,18,21-23,25,31,33H,7-8,11,13-14H2,1-6H3/b17-12+/t16-,18+,21-,22-,23?,25-,28+/m0/s1. The van der Waals surface area contributed by atoms with Crippen LogP contribution in [0, 0.1) is 17.3 Å². The van der Waals surface area contributed by atoms with Gasteiger partial charge in [-0.05, 0) is 72.3 Å². The van der Waals surface area contributed by atoms with E-state index < -0.39 is 35.6 Å². The lowest BCUT2D eigenvalue weighted by Gasteiger charge is -2.34. The van der Waals surface area contributed by atoms with E-state index in [2.05, 4.69) is 27.8 Å². The number of pyridine rings is 1. The summed E-state index contributed by atoms with van der Waals surface area (Å²) in [5, 5.41) is 21.7. The van der Waals surface area contributed by atoms with E-state index in [1.54, 1.807) is 27.0 Å². The highest BCUT2D eigenvalue weighted by Gasteiger charge is 2.53. The molecule has 0 amide bonds. The second kappa shape index (κ2) is 11.4. The van der Waals surface area contributed by atoms with E-state index in [4.69, 9.17) is 9.47 Å². The molecule has 0 bridgehead atoms. The van der Waals surface area contributed by atoms with Crippen LogP contribution in [-0.2, 0) is 19.1 Å². The quantitative estimate of drug-likeness (QED) is 0.388. The number of halogens is 1. The van der Waals surface area contributed by atoms with Crippen molar-refractivity contribution in [2.45, 2.75) is 104 Å². The van der Waals surface area contributed by atoms with Crippen molar-refractivity contribution < 1.29 is 29.3 Å². The smallest absolute Gasteiger partial charge is 0.309 e. The van der Waals surface area contributed by atoms with Crippen molar-refractivity contribution in [1.82, 2.24) is 4.98 Å². The van der Waals surface area contributed by atoms with Crippen molar-refractivity contribution >= 4 is 33.8 Å². The van der Waals surface area contributed by atoms with Crippen molar-refractivity contribution in [2.75, 3.05) is 0 Å². The van der Waals surface area contributed by atoms with Gasteiger partial charge >= 0.3 is 5.97 Å². The Morgan fingerprint density at radius 1 is 1.19 bits per heavy atom. The first-order valence-electron chi connectivity index (χ1n) is 12.8. The number of hydrogen-bond acceptors (Lipinski definition) is 7. The number of ketones is 1. The average molecular weight is 567 g/mol. The Labute approximate surface area is 222 Å². The summed E-state index contributed by atoms with van der Waals surface area (Å²) in [4.78, 5) is 30.6. The lowest BCUT2D eigenvalue weighted by atomic mass is 9.73. The van der Waals surface area contributed by atoms with Gasteiger partial charge in [0.2, 0.25) is 0 Å². The van der Waals surface area contributed by atoms with Gasteiger partial charge < -0.3 is 19.7 Å². The Kier molecular flexibility index (Phi) is 9.18. The number of aromatic nitrogens is 1. The van der Waals surface area contributed by atoms with Crippen LogP contribution < -0.4 is 0 Å². The number of ether oxygens (including phenoxy) is 2. The van der Waals surface area contributed by atoms with Crippen LogP contribution in [0.25, 0.3) is 6.08 Å². The number of fused-ring (bicyclic) bond motifs is 1. The summed E-state index contributed by atoms with van der Waals surface area (Å²) in [5.74, 6) is -1.58. The number of nitrogens with zero attached hydrogens (tertiary/aromatic N) is 1. The molecule has 2 fully saturated rings. The van der Waals surface area contributed by atoms with Gasteiger partial charge in [0.25, 0.3) is 0 Å². The van der Waals surface area contributed by atoms with E-state index in [0.29, 0.717) is 6.42 Å². The number of epoxide rings is 1. The summed E-state index contributed by atoms with van der Waals surface area (Å²) in [7, 11) is 0. The zero-order valence-corrected chi connectivity index (χ0v) is 23.7. The first-order chi connectivity index (χ1) is 16.7. The number of carbonyl (C=O) groups is 2. The second-order valence-corrected chi connectivity index (χ2v) is 12.3. The molecular weight excluding hydrogens is 526 g/mol. The Balaban J connectivity index is 1.86. The molecule has 7 atom stereocenters. The molecule has 0 spiro atoms. The van der Waals surface area contributed by atoms with Crippen LogP contribution in [0.4, 0.5) is 0 Å². The highest BCUT2D eigenvalue weighted by Crippen LogP contribution is 2.45. The second-order valence-electron chi connectivity index (χ2n) is 11.4. The molecule has 7 nitrogen and oxygen atoms in total. The summed E-state index contributed by atoms with van der Waals surface area (Å²) >= 11 is 3.39. The van der Waals surface area contributed by atoms with E-state index in [0.717, 1.165) is 35.0 Å². The summed E-state index contributed by atoms with van der Waals surface area (Å²) in [6, 6.07) is 3.77. The van der Waals surface area contributed by atoms with Gasteiger partial charge in [-0.15, -0.1) is 0 Å². The molecule has 2 aliphatic rings. The predicted molar refractivity (Wildman–Crippen MR) is 141 cm³/mol. The molecule has 1 unspecified atom stereocenters. The van der Waals surface area contributed by atoms with Crippen LogP contribution in [0.2, 0.25) is 0 Å². The Hall–Kier alpha value is -1.61. The van der Waals surface area contributed by atoms with E-state index in [-0.39, 0.29) is 29.8 Å². The van der Waals surface area contributed by atoms with Crippen LogP contribution in [-0.4, -0.2) is 57.0 Å². The van der Waals surface area contributed by atoms with Crippen molar-refractivity contribution in [2.24, 2.45) is 17.3 Å². The highest BCUT2D eigenvalue weighted by molar-refractivity contribution is 9.10. The predicted octanol–water partition coefficient (Wildman–Crippen LogP) is 4.87. The molecule has 2 N–H and O–H groups in total. The number of hydrogen-bond donors (Lipinski definition) is 2. The van der Waals surface area contributed by atoms with Gasteiger partial charge in [0.15, 0.2) is 0 Å². The van der Waals surface area contributed by atoms with Gasteiger partial charge in [0.05, 0.1) is 41.4 Å². The molecule has 0 aliphatic carbocycles. The van der Waals surface area contributed by atoms with Crippen LogP contribution in [0.5, 0.6) is 0 Å². The van der Waals surface area contributed by atoms with Gasteiger partial charge in [0.1, 0.15) is 11.9 Å². The number of aliphatic hydroxyl groups excluding tert-OH is 2. The lowest BCUT2D eigenvalue weighted by Crippen LogP contribution is -2.45. The van der Waals surface area contributed by atoms with Gasteiger partial charge in [-0.2, -0.15) is 0 Å². The fourth-order valence-corrected chi connectivity index (χ4v) is 5.33. The third-order valence-corrected chi connectivity index (χ3v) is 8.51. The number of aliphatic hydroxyl groups is 2. The number of Topliss-reactive ketones (excluding diaryl/α,β-unsaturated/α-hetero) is 1. The maximum absolute atomic E-state index is 13.2. The molecule has 1 aromatic rings. The zero-order chi connectivity index (χ0) is 26.8. The van der Waals surface area contributed by atoms with Crippen LogP contribution in [0.15, 0.2) is 28.4 Å². The van der Waals surface area contributed by atoms with E-state index in [9.17, 15) is 19.8 Å². The fraction of sp³-hybridized carbons (Fsp3) is 0.679. The van der Waals surface area contributed by atoms with Crippen molar-refractivity contribution in [3.05, 3.63) is 34.1 Å². The first kappa shape index (κ1) is 29.0. The van der Waals surface area contributed by atoms with E-state index in [1.165, 1.54) is 0 Å². The molecule has 0 aromatic carbocycles. The van der Waals surface area contributed by atoms with E-state index >= 15 is 0 Å². The summed E-state index contributed by atoms with van der Waals surface area (Å²) in [6.07, 6.45) is 3.53. The first-order valence-corrected chi connectivity index (χ1v) is 13.6. The Morgan fingerprint density at radius 2 is 1.89 bits per heavy atom. The molecule has 0 radical (unpaired) electrons. The molecule has 200 valence electrons. The lowest BCUT2D eigenvalue weighted by molar-refractivity contribution is -0.154. The maximum atomic E-state index is 13.2. The zero-order valence-electron chi connectivity index (χ0n) is 22.2. The number of rotatable bonds is 2. The highest BCUT2D eigenvalue weighted by atomic mass is 79.9. The third-order valence-electron chi connectivity index (χ3n) is 8.04. The minimum absolute atomic E-state index is 0.0634. The SMILES string of the molecule is C/C(=C\c1ccc(Br)cn1)[C@@H]1CC2O[C@]2(C)CCC[C@H](C)[C@H](O)[C@@H](C)C(=O)C(C)(C)[C@@H](O)CC(=O)O1. The molecule has 36 heavy (non-hydrogen) atoms. The number of esters is 1. The molecule has 0 saturated carbocycles. The molecule has 8 heteroatoms. The van der Waals surface area contributed by atoms with Crippen molar-refractivity contribution in [3.63, 3.8) is 0 Å². The Morgan fingerprint density at radius 3 is 2.53 bits per heavy atom. The molecule has 3 heterocycles. The maximum Gasteiger partial charge on any atom is 0.309 e. The van der Waals surface area contributed by atoms with Crippen LogP contribution in [0.3, 0.4) is 0 Å². The molecule has 1 aromatic heterocycles.